The van der Waals surface area contributed by atoms with Crippen LogP contribution in [0.1, 0.15) is 0 Å². The Kier molecular flexibility index (Phi) is 38.2. The summed E-state index contributed by atoms with van der Waals surface area (Å²) in [7, 11) is 0. The highest BCUT2D eigenvalue weighted by Gasteiger charge is 2.03. The zero-order valence-electron chi connectivity index (χ0n) is 28.6. The largest absolute Gasteiger partial charge is 0.480 e. The van der Waals surface area contributed by atoms with Gasteiger partial charge in [-0.3, -0.25) is 4.79 Å². The number of carbonyl (C=O) groups is 3. The van der Waals surface area contributed by atoms with Crippen molar-refractivity contribution in [2.45, 2.75) is 0 Å². The smallest absolute Gasteiger partial charge is 0.330 e. The first kappa shape index (κ1) is 46.7. The lowest BCUT2D eigenvalue weighted by Gasteiger charge is -2.09. The zero-order valence-corrected chi connectivity index (χ0v) is 28.6. The van der Waals surface area contributed by atoms with Crippen molar-refractivity contribution in [1.29, 1.82) is 0 Å². The average Bonchev–Trinajstić information content (AvgIpc) is 3.09. The lowest BCUT2D eigenvalue weighted by atomic mass is 10.6. The summed E-state index contributed by atoms with van der Waals surface area (Å²) in [5, 5.41) is 11.0. The van der Waals surface area contributed by atoms with E-state index in [9.17, 15) is 14.4 Å². The van der Waals surface area contributed by atoms with Crippen LogP contribution in [0.4, 0.5) is 0 Å². The van der Waals surface area contributed by atoms with Crippen LogP contribution in [0.25, 0.3) is 0 Å². The molecule has 49 heavy (non-hydrogen) atoms. The molecule has 0 atom stereocenters. The molecule has 18 nitrogen and oxygen atoms in total. The lowest BCUT2D eigenvalue weighted by molar-refractivity contribution is -0.143. The number of hydrogen-bond acceptors (Lipinski definition) is 16. The Morgan fingerprint density at radius 3 is 1.00 bits per heavy atom. The number of nitrogens with one attached hydrogen (secondary N) is 1. The minimum atomic E-state index is -1.13. The van der Waals surface area contributed by atoms with E-state index in [1.807, 2.05) is 0 Å². The number of carboxylic acids is 1. The molecule has 0 aliphatic carbocycles. The quantitative estimate of drug-likeness (QED) is 0.0448. The summed E-state index contributed by atoms with van der Waals surface area (Å²) >= 11 is 0. The molecule has 0 aromatic heterocycles. The van der Waals surface area contributed by atoms with E-state index in [4.69, 9.17) is 61.9 Å². The van der Waals surface area contributed by atoms with E-state index in [2.05, 4.69) is 16.6 Å². The predicted molar refractivity (Wildman–Crippen MR) is 172 cm³/mol. The van der Waals surface area contributed by atoms with Crippen molar-refractivity contribution in [3.63, 3.8) is 0 Å². The lowest BCUT2D eigenvalue weighted by Crippen LogP contribution is -2.31. The predicted octanol–water partition coefficient (Wildman–Crippen LogP) is -0.884. The Morgan fingerprint density at radius 2 is 0.714 bits per heavy atom. The van der Waals surface area contributed by atoms with E-state index < -0.39 is 24.5 Å². The second kappa shape index (κ2) is 40.1. The maximum absolute atomic E-state index is 11.4. The number of rotatable bonds is 41. The number of carbonyl (C=O) groups excluding carboxylic acids is 2. The molecule has 0 rings (SSSR count). The van der Waals surface area contributed by atoms with Gasteiger partial charge in [0, 0.05) is 12.6 Å². The SMILES string of the molecule is C=CC(=O)OCCOCCOCCOCCOCCOCCOCCOCCOCCOCCOCCOCCNC(=O)COCC(=O)O. The summed E-state index contributed by atoms with van der Waals surface area (Å²) in [5.74, 6) is -2.00. The molecule has 0 aliphatic rings. The Hall–Kier alpha value is -2.33. The van der Waals surface area contributed by atoms with Gasteiger partial charge in [-0.1, -0.05) is 6.58 Å². The summed E-state index contributed by atoms with van der Waals surface area (Å²) in [4.78, 5) is 32.5. The fraction of sp³-hybridized carbons (Fsp3) is 0.839. The van der Waals surface area contributed by atoms with Crippen LogP contribution in [0.3, 0.4) is 0 Å². The van der Waals surface area contributed by atoms with Gasteiger partial charge in [0.05, 0.1) is 145 Å². The molecule has 0 fully saturated rings. The molecule has 0 heterocycles. The molecule has 0 unspecified atom stereocenters. The van der Waals surface area contributed by atoms with Gasteiger partial charge in [0.25, 0.3) is 0 Å². The number of amides is 1. The van der Waals surface area contributed by atoms with Crippen molar-refractivity contribution >= 4 is 17.8 Å². The second-order valence-corrected chi connectivity index (χ2v) is 9.34. The van der Waals surface area contributed by atoms with E-state index in [0.717, 1.165) is 6.08 Å². The molecule has 0 aromatic carbocycles. The van der Waals surface area contributed by atoms with Crippen LogP contribution in [0.15, 0.2) is 12.7 Å². The molecule has 0 bridgehead atoms. The van der Waals surface area contributed by atoms with Crippen molar-refractivity contribution in [3.05, 3.63) is 12.7 Å². The van der Waals surface area contributed by atoms with E-state index in [1.54, 1.807) is 0 Å². The highest BCUT2D eigenvalue weighted by molar-refractivity contribution is 5.81. The molecule has 288 valence electrons. The standard InChI is InChI=1S/C31H57NO17/c1-2-31(36)49-26-25-47-24-23-46-22-21-45-20-19-44-18-17-43-16-15-42-14-13-41-12-11-40-10-9-39-8-7-38-6-5-37-4-3-32-29(33)27-48-28-30(34)35/h2H,1,3-28H2,(H,32,33)(H,34,35). The third-order valence-electron chi connectivity index (χ3n) is 5.39. The third-order valence-corrected chi connectivity index (χ3v) is 5.39. The topological polar surface area (TPSA) is 203 Å². The average molecular weight is 716 g/mol. The molecule has 2 N–H and O–H groups in total. The van der Waals surface area contributed by atoms with Crippen LogP contribution in [-0.2, 0) is 76.0 Å². The van der Waals surface area contributed by atoms with Crippen LogP contribution < -0.4 is 5.32 Å². The normalized spacial score (nSPS) is 11.1. The molecule has 0 radical (unpaired) electrons. The van der Waals surface area contributed by atoms with Gasteiger partial charge in [-0.2, -0.15) is 0 Å². The summed E-state index contributed by atoms with van der Waals surface area (Å²) in [6, 6.07) is 0. The van der Waals surface area contributed by atoms with E-state index >= 15 is 0 Å². The summed E-state index contributed by atoms with van der Waals surface area (Å²) in [5.41, 5.74) is 0. The molecular weight excluding hydrogens is 658 g/mol. The molecule has 0 aliphatic heterocycles. The molecular formula is C31H57NO17. The molecule has 1 amide bonds. The highest BCUT2D eigenvalue weighted by atomic mass is 16.6. The van der Waals surface area contributed by atoms with E-state index in [1.165, 1.54) is 0 Å². The van der Waals surface area contributed by atoms with Crippen molar-refractivity contribution in [2.75, 3.05) is 172 Å². The fourth-order valence-corrected chi connectivity index (χ4v) is 3.11. The van der Waals surface area contributed by atoms with Crippen LogP contribution in [0.2, 0.25) is 0 Å². The number of ether oxygens (including phenoxy) is 13. The summed E-state index contributed by atoms with van der Waals surface area (Å²) < 4.78 is 68.9. The Labute approximate surface area is 288 Å². The Morgan fingerprint density at radius 1 is 0.429 bits per heavy atom. The minimum Gasteiger partial charge on any atom is -0.480 e. The monoisotopic (exact) mass is 715 g/mol. The minimum absolute atomic E-state index is 0.188. The summed E-state index contributed by atoms with van der Waals surface area (Å²) in [6.45, 7) is 12.6. The first-order valence-electron chi connectivity index (χ1n) is 16.3. The number of carboxylic acid groups (broad SMARTS) is 1. The van der Waals surface area contributed by atoms with Gasteiger partial charge < -0.3 is 72.0 Å². The van der Waals surface area contributed by atoms with Gasteiger partial charge in [0.1, 0.15) is 19.8 Å². The number of esters is 1. The van der Waals surface area contributed by atoms with Crippen molar-refractivity contribution in [1.82, 2.24) is 5.32 Å². The Bertz CT molecular complexity index is 762. The maximum Gasteiger partial charge on any atom is 0.330 e. The van der Waals surface area contributed by atoms with Gasteiger partial charge in [-0.25, -0.2) is 9.59 Å². The van der Waals surface area contributed by atoms with E-state index in [0.29, 0.717) is 152 Å². The first-order chi connectivity index (χ1) is 24.1. The highest BCUT2D eigenvalue weighted by Crippen LogP contribution is 1.88. The zero-order chi connectivity index (χ0) is 35.7. The van der Waals surface area contributed by atoms with Gasteiger partial charge in [0.2, 0.25) is 5.91 Å². The fourth-order valence-electron chi connectivity index (χ4n) is 3.11. The van der Waals surface area contributed by atoms with Gasteiger partial charge in [-0.05, 0) is 0 Å². The van der Waals surface area contributed by atoms with Gasteiger partial charge >= 0.3 is 11.9 Å². The second-order valence-electron chi connectivity index (χ2n) is 9.34. The molecule has 0 saturated heterocycles. The van der Waals surface area contributed by atoms with Gasteiger partial charge in [-0.15, -0.1) is 0 Å². The van der Waals surface area contributed by atoms with E-state index in [-0.39, 0.29) is 13.2 Å². The van der Waals surface area contributed by atoms with Crippen molar-refractivity contribution in [3.8, 4) is 0 Å². The van der Waals surface area contributed by atoms with Gasteiger partial charge in [0.15, 0.2) is 0 Å². The first-order valence-corrected chi connectivity index (χ1v) is 16.3. The Balaban J connectivity index is 3.10. The molecule has 0 saturated carbocycles. The molecule has 0 aromatic rings. The molecule has 0 spiro atoms. The van der Waals surface area contributed by atoms with Crippen molar-refractivity contribution in [2.24, 2.45) is 0 Å². The van der Waals surface area contributed by atoms with Crippen LogP contribution in [-0.4, -0.2) is 195 Å². The molecule has 18 heteroatoms. The maximum atomic E-state index is 11.4. The third kappa shape index (κ3) is 41.8. The summed E-state index contributed by atoms with van der Waals surface area (Å²) in [6.07, 6.45) is 1.11. The van der Waals surface area contributed by atoms with Crippen LogP contribution >= 0.6 is 0 Å². The van der Waals surface area contributed by atoms with Crippen LogP contribution in [0.5, 0.6) is 0 Å². The van der Waals surface area contributed by atoms with Crippen LogP contribution in [0, 0.1) is 0 Å². The van der Waals surface area contributed by atoms with Crippen molar-refractivity contribution < 1.29 is 81.1 Å². The number of aliphatic carboxylic acids is 1. The number of hydrogen-bond donors (Lipinski definition) is 2.